The van der Waals surface area contributed by atoms with Crippen LogP contribution < -0.4 is 0 Å². The molecule has 0 atom stereocenters. The lowest BCUT2D eigenvalue weighted by molar-refractivity contribution is -0.170. The van der Waals surface area contributed by atoms with Gasteiger partial charge in [0, 0.05) is 22.9 Å². The molecule has 94 valence electrons. The summed E-state index contributed by atoms with van der Waals surface area (Å²) in [6.45, 7) is 1.14. The zero-order chi connectivity index (χ0) is 12.3. The van der Waals surface area contributed by atoms with Crippen molar-refractivity contribution in [3.63, 3.8) is 0 Å². The van der Waals surface area contributed by atoms with Crippen molar-refractivity contribution in [1.82, 2.24) is 0 Å². The predicted octanol–water partition coefficient (Wildman–Crippen LogP) is 4.21. The van der Waals surface area contributed by atoms with E-state index < -0.39 is 5.79 Å². The second-order valence-electron chi connectivity index (χ2n) is 3.87. The Morgan fingerprint density at radius 1 is 1.18 bits per heavy atom. The van der Waals surface area contributed by atoms with Crippen LogP contribution in [0.15, 0.2) is 18.2 Å². The quantitative estimate of drug-likeness (QED) is 0.775. The van der Waals surface area contributed by atoms with Crippen molar-refractivity contribution in [1.29, 1.82) is 0 Å². The first-order valence-electron chi connectivity index (χ1n) is 5.47. The fraction of sp³-hybridized carbons (Fsp3) is 0.500. The molecule has 0 saturated carbocycles. The molecule has 0 aromatic heterocycles. The summed E-state index contributed by atoms with van der Waals surface area (Å²) in [7, 11) is 0. The summed E-state index contributed by atoms with van der Waals surface area (Å²) in [5, 5.41) is 1.17. The number of hydrogen-bond donors (Lipinski definition) is 0. The molecule has 0 radical (unpaired) electrons. The number of hydrogen-bond acceptors (Lipinski definition) is 2. The molecule has 0 amide bonds. The predicted molar refractivity (Wildman–Crippen MR) is 70.0 cm³/mol. The molecule has 0 bridgehead atoms. The van der Waals surface area contributed by atoms with Crippen LogP contribution in [0, 0.1) is 0 Å². The van der Waals surface area contributed by atoms with E-state index in [2.05, 4.69) is 0 Å². The molecule has 1 fully saturated rings. The smallest absolute Gasteiger partial charge is 0.196 e. The maximum absolute atomic E-state index is 6.20. The van der Waals surface area contributed by atoms with Crippen molar-refractivity contribution in [3.8, 4) is 0 Å². The van der Waals surface area contributed by atoms with Crippen LogP contribution in [0.1, 0.15) is 18.4 Å². The summed E-state index contributed by atoms with van der Waals surface area (Å²) >= 11 is 17.8. The van der Waals surface area contributed by atoms with Crippen molar-refractivity contribution in [2.45, 2.75) is 18.6 Å². The van der Waals surface area contributed by atoms with Crippen LogP contribution in [-0.2, 0) is 15.3 Å². The molecule has 1 aliphatic rings. The van der Waals surface area contributed by atoms with Crippen LogP contribution in [0.2, 0.25) is 10.0 Å². The first-order valence-corrected chi connectivity index (χ1v) is 6.76. The summed E-state index contributed by atoms with van der Waals surface area (Å²) in [6, 6.07) is 5.34. The van der Waals surface area contributed by atoms with Gasteiger partial charge >= 0.3 is 0 Å². The van der Waals surface area contributed by atoms with E-state index in [4.69, 9.17) is 44.3 Å². The minimum Gasteiger partial charge on any atom is -0.343 e. The van der Waals surface area contributed by atoms with Crippen LogP contribution in [0.3, 0.4) is 0 Å². The Balaban J connectivity index is 2.31. The molecule has 1 saturated heterocycles. The summed E-state index contributed by atoms with van der Waals surface area (Å²) < 4.78 is 11.5. The third kappa shape index (κ3) is 2.88. The SMILES string of the molecule is ClCCCC1(c2ccc(Cl)cc2Cl)OCCO1. The Morgan fingerprint density at radius 3 is 2.47 bits per heavy atom. The molecule has 0 aliphatic carbocycles. The highest BCUT2D eigenvalue weighted by molar-refractivity contribution is 6.35. The summed E-state index contributed by atoms with van der Waals surface area (Å²) in [5.41, 5.74) is 0.825. The Hall–Kier alpha value is 0.01000. The largest absolute Gasteiger partial charge is 0.343 e. The first-order chi connectivity index (χ1) is 8.18. The second kappa shape index (κ2) is 5.77. The van der Waals surface area contributed by atoms with Gasteiger partial charge in [-0.25, -0.2) is 0 Å². The first kappa shape index (κ1) is 13.4. The minimum absolute atomic E-state index is 0.564. The van der Waals surface area contributed by atoms with Crippen molar-refractivity contribution >= 4 is 34.8 Å². The van der Waals surface area contributed by atoms with E-state index in [0.29, 0.717) is 35.6 Å². The molecule has 0 unspecified atom stereocenters. The van der Waals surface area contributed by atoms with Gasteiger partial charge in [-0.05, 0) is 18.6 Å². The Morgan fingerprint density at radius 2 is 1.88 bits per heavy atom. The van der Waals surface area contributed by atoms with Gasteiger partial charge in [-0.2, -0.15) is 0 Å². The molecular formula is C12H13Cl3O2. The second-order valence-corrected chi connectivity index (χ2v) is 5.09. The van der Waals surface area contributed by atoms with E-state index in [9.17, 15) is 0 Å². The fourth-order valence-corrected chi connectivity index (χ4v) is 2.67. The van der Waals surface area contributed by atoms with Crippen LogP contribution >= 0.6 is 34.8 Å². The van der Waals surface area contributed by atoms with Gasteiger partial charge in [-0.15, -0.1) is 11.6 Å². The summed E-state index contributed by atoms with van der Waals surface area (Å²) in [4.78, 5) is 0. The average molecular weight is 296 g/mol. The topological polar surface area (TPSA) is 18.5 Å². The molecule has 2 rings (SSSR count). The summed E-state index contributed by atoms with van der Waals surface area (Å²) in [5.74, 6) is -0.184. The molecule has 0 spiro atoms. The zero-order valence-corrected chi connectivity index (χ0v) is 11.5. The van der Waals surface area contributed by atoms with Crippen LogP contribution in [0.5, 0.6) is 0 Å². The molecule has 2 nitrogen and oxygen atoms in total. The van der Waals surface area contributed by atoms with E-state index in [-0.39, 0.29) is 0 Å². The number of halogens is 3. The third-order valence-corrected chi connectivity index (χ3v) is 3.55. The lowest BCUT2D eigenvalue weighted by Crippen LogP contribution is -2.27. The molecule has 1 heterocycles. The maximum atomic E-state index is 6.20. The minimum atomic E-state index is -0.753. The van der Waals surface area contributed by atoms with Gasteiger partial charge in [-0.1, -0.05) is 29.3 Å². The van der Waals surface area contributed by atoms with Gasteiger partial charge < -0.3 is 9.47 Å². The van der Waals surface area contributed by atoms with Gasteiger partial charge in [0.25, 0.3) is 0 Å². The van der Waals surface area contributed by atoms with Crippen molar-refractivity contribution < 1.29 is 9.47 Å². The molecule has 17 heavy (non-hydrogen) atoms. The normalized spacial score (nSPS) is 18.5. The lowest BCUT2D eigenvalue weighted by atomic mass is 10.0. The molecular weight excluding hydrogens is 282 g/mol. The number of ether oxygens (including phenoxy) is 2. The van der Waals surface area contributed by atoms with Crippen molar-refractivity contribution in [3.05, 3.63) is 33.8 Å². The number of alkyl halides is 1. The Labute approximate surface area is 116 Å². The molecule has 0 N–H and O–H groups in total. The molecule has 1 aliphatic heterocycles. The van der Waals surface area contributed by atoms with E-state index in [1.54, 1.807) is 12.1 Å². The highest BCUT2D eigenvalue weighted by Crippen LogP contribution is 2.40. The van der Waals surface area contributed by atoms with E-state index in [0.717, 1.165) is 12.0 Å². The third-order valence-electron chi connectivity index (χ3n) is 2.73. The van der Waals surface area contributed by atoms with Gasteiger partial charge in [0.2, 0.25) is 0 Å². The van der Waals surface area contributed by atoms with Crippen molar-refractivity contribution in [2.24, 2.45) is 0 Å². The van der Waals surface area contributed by atoms with Crippen LogP contribution in [-0.4, -0.2) is 19.1 Å². The van der Waals surface area contributed by atoms with Gasteiger partial charge in [0.05, 0.1) is 18.2 Å². The maximum Gasteiger partial charge on any atom is 0.196 e. The van der Waals surface area contributed by atoms with Gasteiger partial charge in [-0.3, -0.25) is 0 Å². The zero-order valence-electron chi connectivity index (χ0n) is 9.22. The van der Waals surface area contributed by atoms with Crippen LogP contribution in [0.4, 0.5) is 0 Å². The van der Waals surface area contributed by atoms with E-state index in [1.807, 2.05) is 6.07 Å². The van der Waals surface area contributed by atoms with Crippen LogP contribution in [0.25, 0.3) is 0 Å². The Bertz CT molecular complexity index is 389. The molecule has 1 aromatic rings. The highest BCUT2D eigenvalue weighted by atomic mass is 35.5. The van der Waals surface area contributed by atoms with E-state index in [1.165, 1.54) is 0 Å². The highest BCUT2D eigenvalue weighted by Gasteiger charge is 2.39. The molecule has 1 aromatic carbocycles. The van der Waals surface area contributed by atoms with E-state index >= 15 is 0 Å². The number of benzene rings is 1. The average Bonchev–Trinajstić information content (AvgIpc) is 2.76. The number of rotatable bonds is 4. The molecule has 5 heteroatoms. The standard InChI is InChI=1S/C12H13Cl3O2/c13-5-1-4-12(16-6-7-17-12)10-3-2-9(14)8-11(10)15/h2-3,8H,1,4-7H2. The fourth-order valence-electron chi connectivity index (χ4n) is 1.99. The summed E-state index contributed by atoms with van der Waals surface area (Å²) in [6.07, 6.45) is 1.50. The van der Waals surface area contributed by atoms with Gasteiger partial charge in [0.1, 0.15) is 0 Å². The van der Waals surface area contributed by atoms with Crippen molar-refractivity contribution in [2.75, 3.05) is 19.1 Å². The Kier molecular flexibility index (Phi) is 4.56. The monoisotopic (exact) mass is 294 g/mol. The van der Waals surface area contributed by atoms with Gasteiger partial charge in [0.15, 0.2) is 5.79 Å². The lowest BCUT2D eigenvalue weighted by Gasteiger charge is -2.28.